The van der Waals surface area contributed by atoms with E-state index in [4.69, 9.17) is 9.47 Å². The summed E-state index contributed by atoms with van der Waals surface area (Å²) in [4.78, 5) is 23.2. The first-order chi connectivity index (χ1) is 8.73. The summed E-state index contributed by atoms with van der Waals surface area (Å²) in [5.41, 5.74) is -0.490. The fourth-order valence-electron chi connectivity index (χ4n) is 2.45. The molecule has 1 aliphatic rings. The first-order valence-corrected chi connectivity index (χ1v) is 6.80. The van der Waals surface area contributed by atoms with E-state index in [1.54, 1.807) is 0 Å². The zero-order chi connectivity index (χ0) is 14.6. The monoisotopic (exact) mass is 271 g/mol. The molecule has 0 heterocycles. The van der Waals surface area contributed by atoms with Gasteiger partial charge in [-0.15, -0.1) is 0 Å². The first kappa shape index (κ1) is 15.8. The molecule has 0 saturated heterocycles. The number of ether oxygens (including phenoxy) is 2. The molecular formula is C14H25NO4. The molecule has 3 unspecified atom stereocenters. The fourth-order valence-corrected chi connectivity index (χ4v) is 2.45. The van der Waals surface area contributed by atoms with Crippen molar-refractivity contribution in [3.63, 3.8) is 0 Å². The second-order valence-corrected chi connectivity index (χ2v) is 6.26. The summed E-state index contributed by atoms with van der Waals surface area (Å²) in [7, 11) is 1.41. The normalized spacial score (nSPS) is 27.5. The third kappa shape index (κ3) is 5.09. The fraction of sp³-hybridized carbons (Fsp3) is 0.857. The van der Waals surface area contributed by atoms with Crippen molar-refractivity contribution in [1.29, 1.82) is 0 Å². The van der Waals surface area contributed by atoms with E-state index in [0.29, 0.717) is 0 Å². The molecule has 0 spiro atoms. The maximum absolute atomic E-state index is 11.7. The second kappa shape index (κ2) is 6.26. The molecule has 0 aliphatic heterocycles. The van der Waals surface area contributed by atoms with Crippen molar-refractivity contribution in [1.82, 2.24) is 5.32 Å². The largest absolute Gasteiger partial charge is 0.469 e. The van der Waals surface area contributed by atoms with Gasteiger partial charge in [0.05, 0.1) is 13.0 Å². The molecule has 110 valence electrons. The Kier molecular flexibility index (Phi) is 5.20. The van der Waals surface area contributed by atoms with Gasteiger partial charge >= 0.3 is 12.1 Å². The minimum atomic E-state index is -0.490. The van der Waals surface area contributed by atoms with E-state index in [9.17, 15) is 9.59 Å². The van der Waals surface area contributed by atoms with Crippen LogP contribution in [-0.2, 0) is 14.3 Å². The van der Waals surface area contributed by atoms with Crippen molar-refractivity contribution in [2.75, 3.05) is 7.11 Å². The molecule has 3 atom stereocenters. The number of hydrogen-bond donors (Lipinski definition) is 1. The van der Waals surface area contributed by atoms with Crippen LogP contribution in [0.3, 0.4) is 0 Å². The average Bonchev–Trinajstić information content (AvgIpc) is 2.28. The Morgan fingerprint density at radius 1 is 1.21 bits per heavy atom. The van der Waals surface area contributed by atoms with Crippen molar-refractivity contribution >= 4 is 12.1 Å². The van der Waals surface area contributed by atoms with Gasteiger partial charge in [-0.25, -0.2) is 4.79 Å². The summed E-state index contributed by atoms with van der Waals surface area (Å²) < 4.78 is 10.0. The van der Waals surface area contributed by atoms with Gasteiger partial charge in [-0.05, 0) is 46.0 Å². The minimum absolute atomic E-state index is 0.0447. The lowest BCUT2D eigenvalue weighted by Gasteiger charge is -2.33. The molecule has 5 nitrogen and oxygen atoms in total. The van der Waals surface area contributed by atoms with Crippen molar-refractivity contribution < 1.29 is 19.1 Å². The number of carbonyl (C=O) groups is 2. The van der Waals surface area contributed by atoms with Crippen LogP contribution in [0.25, 0.3) is 0 Å². The standard InChI is InChI=1S/C14H25NO4/c1-9-8-10(12(16)18-5)6-7-11(9)15-13(17)19-14(2,3)4/h9-11H,6-8H2,1-5H3,(H,15,17). The predicted octanol–water partition coefficient (Wildman–Crippen LogP) is 2.49. The zero-order valence-corrected chi connectivity index (χ0v) is 12.5. The van der Waals surface area contributed by atoms with Crippen molar-refractivity contribution in [2.45, 2.75) is 58.6 Å². The lowest BCUT2D eigenvalue weighted by molar-refractivity contribution is -0.147. The van der Waals surface area contributed by atoms with Crippen LogP contribution in [-0.4, -0.2) is 30.8 Å². The summed E-state index contributed by atoms with van der Waals surface area (Å²) in [5.74, 6) is 0.0459. The Balaban J connectivity index is 2.46. The Morgan fingerprint density at radius 2 is 1.84 bits per heavy atom. The Hall–Kier alpha value is -1.26. The summed E-state index contributed by atoms with van der Waals surface area (Å²) in [6, 6.07) is 0.0655. The van der Waals surface area contributed by atoms with Crippen molar-refractivity contribution in [3.05, 3.63) is 0 Å². The van der Waals surface area contributed by atoms with E-state index in [1.165, 1.54) is 7.11 Å². The van der Waals surface area contributed by atoms with Crippen LogP contribution in [0.2, 0.25) is 0 Å². The van der Waals surface area contributed by atoms with Crippen LogP contribution in [0.4, 0.5) is 4.79 Å². The van der Waals surface area contributed by atoms with E-state index >= 15 is 0 Å². The van der Waals surface area contributed by atoms with Gasteiger partial charge in [0.1, 0.15) is 5.60 Å². The van der Waals surface area contributed by atoms with Crippen LogP contribution < -0.4 is 5.32 Å². The number of methoxy groups -OCH3 is 1. The molecule has 1 rings (SSSR count). The zero-order valence-electron chi connectivity index (χ0n) is 12.5. The molecule has 0 aromatic rings. The Bertz CT molecular complexity index is 335. The highest BCUT2D eigenvalue weighted by Crippen LogP contribution is 2.30. The molecule has 19 heavy (non-hydrogen) atoms. The number of hydrogen-bond acceptors (Lipinski definition) is 4. The maximum atomic E-state index is 11.7. The topological polar surface area (TPSA) is 64.6 Å². The van der Waals surface area contributed by atoms with Gasteiger partial charge in [-0.2, -0.15) is 0 Å². The minimum Gasteiger partial charge on any atom is -0.469 e. The number of nitrogens with one attached hydrogen (secondary N) is 1. The van der Waals surface area contributed by atoms with Gasteiger partial charge in [-0.3, -0.25) is 4.79 Å². The molecule has 0 radical (unpaired) electrons. The van der Waals surface area contributed by atoms with Crippen LogP contribution in [0, 0.1) is 11.8 Å². The van der Waals surface area contributed by atoms with Gasteiger partial charge < -0.3 is 14.8 Å². The first-order valence-electron chi connectivity index (χ1n) is 6.80. The number of amides is 1. The van der Waals surface area contributed by atoms with Crippen molar-refractivity contribution in [2.24, 2.45) is 11.8 Å². The maximum Gasteiger partial charge on any atom is 0.407 e. The summed E-state index contributed by atoms with van der Waals surface area (Å²) in [6.07, 6.45) is 1.88. The molecule has 1 amide bonds. The van der Waals surface area contributed by atoms with Crippen LogP contribution >= 0.6 is 0 Å². The highest BCUT2D eigenvalue weighted by molar-refractivity contribution is 5.72. The Morgan fingerprint density at radius 3 is 2.32 bits per heavy atom. The summed E-state index contributed by atoms with van der Waals surface area (Å²) in [6.45, 7) is 7.55. The van der Waals surface area contributed by atoms with Crippen LogP contribution in [0.15, 0.2) is 0 Å². The van der Waals surface area contributed by atoms with Crippen LogP contribution in [0.5, 0.6) is 0 Å². The molecule has 5 heteroatoms. The summed E-state index contributed by atoms with van der Waals surface area (Å²) >= 11 is 0. The highest BCUT2D eigenvalue weighted by atomic mass is 16.6. The third-order valence-corrected chi connectivity index (χ3v) is 3.41. The van der Waals surface area contributed by atoms with E-state index in [2.05, 4.69) is 5.32 Å². The number of carbonyl (C=O) groups excluding carboxylic acids is 2. The average molecular weight is 271 g/mol. The highest BCUT2D eigenvalue weighted by Gasteiger charge is 2.33. The van der Waals surface area contributed by atoms with E-state index in [1.807, 2.05) is 27.7 Å². The molecule has 0 aromatic carbocycles. The molecule has 0 aromatic heterocycles. The second-order valence-electron chi connectivity index (χ2n) is 6.26. The van der Waals surface area contributed by atoms with E-state index in [0.717, 1.165) is 19.3 Å². The van der Waals surface area contributed by atoms with E-state index < -0.39 is 5.60 Å². The predicted molar refractivity (Wildman–Crippen MR) is 71.7 cm³/mol. The smallest absolute Gasteiger partial charge is 0.407 e. The molecule has 1 saturated carbocycles. The van der Waals surface area contributed by atoms with Crippen LogP contribution in [0.1, 0.15) is 47.0 Å². The third-order valence-electron chi connectivity index (χ3n) is 3.41. The number of alkyl carbamates (subject to hydrolysis) is 1. The van der Waals surface area contributed by atoms with Gasteiger partial charge in [0.2, 0.25) is 0 Å². The van der Waals surface area contributed by atoms with Crippen molar-refractivity contribution in [3.8, 4) is 0 Å². The molecule has 1 aliphatic carbocycles. The van der Waals surface area contributed by atoms with Gasteiger partial charge in [-0.1, -0.05) is 6.92 Å². The van der Waals surface area contributed by atoms with Gasteiger partial charge in [0, 0.05) is 6.04 Å². The molecular weight excluding hydrogens is 246 g/mol. The number of rotatable bonds is 2. The SMILES string of the molecule is COC(=O)C1CCC(NC(=O)OC(C)(C)C)C(C)C1. The molecule has 1 fully saturated rings. The lowest BCUT2D eigenvalue weighted by Crippen LogP contribution is -2.45. The number of esters is 1. The van der Waals surface area contributed by atoms with Gasteiger partial charge in [0.15, 0.2) is 0 Å². The summed E-state index contributed by atoms with van der Waals surface area (Å²) in [5, 5.41) is 2.89. The Labute approximate surface area is 115 Å². The lowest BCUT2D eigenvalue weighted by atomic mass is 9.79. The molecule has 1 N–H and O–H groups in total. The quantitative estimate of drug-likeness (QED) is 0.784. The van der Waals surface area contributed by atoms with Gasteiger partial charge in [0.25, 0.3) is 0 Å². The molecule has 0 bridgehead atoms. The van der Waals surface area contributed by atoms with E-state index in [-0.39, 0.29) is 29.9 Å².